The lowest BCUT2D eigenvalue weighted by atomic mass is 10.1. The highest BCUT2D eigenvalue weighted by Gasteiger charge is 2.04. The quantitative estimate of drug-likeness (QED) is 0.804. The van der Waals surface area contributed by atoms with Gasteiger partial charge in [-0.3, -0.25) is 0 Å². The third kappa shape index (κ3) is 3.84. The monoisotopic (exact) mass is 276 g/mol. The second kappa shape index (κ2) is 7.12. The van der Waals surface area contributed by atoms with E-state index in [1.54, 1.807) is 18.2 Å². The molecule has 0 unspecified atom stereocenters. The van der Waals surface area contributed by atoms with E-state index in [-0.39, 0.29) is 0 Å². The van der Waals surface area contributed by atoms with Crippen LogP contribution in [0.1, 0.15) is 36.5 Å². The summed E-state index contributed by atoms with van der Waals surface area (Å²) in [4.78, 5) is 0. The zero-order valence-corrected chi connectivity index (χ0v) is 12.0. The fourth-order valence-corrected chi connectivity index (χ4v) is 2.02. The van der Waals surface area contributed by atoms with Crippen molar-refractivity contribution in [1.82, 2.24) is 0 Å². The van der Waals surface area contributed by atoms with Crippen LogP contribution in [0.2, 0.25) is 0 Å². The summed E-state index contributed by atoms with van der Waals surface area (Å²) in [6, 6.07) is 16.8. The topological polar surface area (TPSA) is 56.8 Å². The Labute approximate surface area is 125 Å². The minimum absolute atomic E-state index is 0.328. The van der Waals surface area contributed by atoms with Crippen LogP contribution in [0, 0.1) is 22.7 Å². The fraction of sp³-hybridized carbons (Fsp3) is 0.222. The summed E-state index contributed by atoms with van der Waals surface area (Å²) in [6.07, 6.45) is 3.44. The van der Waals surface area contributed by atoms with E-state index < -0.39 is 0 Å². The van der Waals surface area contributed by atoms with E-state index >= 15 is 0 Å². The van der Waals surface area contributed by atoms with Crippen molar-refractivity contribution < 1.29 is 4.74 Å². The van der Waals surface area contributed by atoms with Crippen LogP contribution >= 0.6 is 0 Å². The van der Waals surface area contributed by atoms with E-state index in [0.29, 0.717) is 16.9 Å². The van der Waals surface area contributed by atoms with Gasteiger partial charge in [0.15, 0.2) is 0 Å². The molecule has 0 bridgehead atoms. The molecule has 0 aliphatic rings. The van der Waals surface area contributed by atoms with E-state index in [1.807, 2.05) is 24.3 Å². The number of rotatable bonds is 5. The maximum Gasteiger partial charge on any atom is 0.128 e. The highest BCUT2D eigenvalue weighted by atomic mass is 16.5. The number of nitrogens with zero attached hydrogens (tertiary/aromatic N) is 2. The van der Waals surface area contributed by atoms with Gasteiger partial charge in [-0.05, 0) is 48.7 Å². The number of ether oxygens (including phenoxy) is 1. The zero-order valence-electron chi connectivity index (χ0n) is 12.0. The number of benzene rings is 2. The van der Waals surface area contributed by atoms with Crippen molar-refractivity contribution in [2.75, 3.05) is 0 Å². The molecule has 104 valence electrons. The average Bonchev–Trinajstić information content (AvgIpc) is 2.54. The maximum absolute atomic E-state index is 9.00. The first kappa shape index (κ1) is 14.6. The van der Waals surface area contributed by atoms with Gasteiger partial charge in [0.2, 0.25) is 0 Å². The van der Waals surface area contributed by atoms with Crippen LogP contribution in [0.3, 0.4) is 0 Å². The van der Waals surface area contributed by atoms with E-state index in [9.17, 15) is 0 Å². The number of unbranched alkanes of at least 4 members (excludes halogenated alkanes) is 1. The van der Waals surface area contributed by atoms with Gasteiger partial charge in [0.25, 0.3) is 0 Å². The van der Waals surface area contributed by atoms with Gasteiger partial charge < -0.3 is 4.74 Å². The maximum atomic E-state index is 9.00. The molecule has 0 aromatic heterocycles. The second-order valence-electron chi connectivity index (χ2n) is 4.78. The molecule has 0 saturated carbocycles. The third-order valence-electron chi connectivity index (χ3n) is 3.21. The van der Waals surface area contributed by atoms with Crippen LogP contribution < -0.4 is 4.74 Å². The van der Waals surface area contributed by atoms with E-state index in [0.717, 1.165) is 12.2 Å². The molecule has 3 heteroatoms. The molecule has 0 radical (unpaired) electrons. The molecular weight excluding hydrogens is 260 g/mol. The van der Waals surface area contributed by atoms with Gasteiger partial charge >= 0.3 is 0 Å². The van der Waals surface area contributed by atoms with Crippen molar-refractivity contribution in [1.29, 1.82) is 10.5 Å². The largest absolute Gasteiger partial charge is 0.457 e. The first-order chi connectivity index (χ1) is 10.3. The normalized spacial score (nSPS) is 9.67. The predicted molar refractivity (Wildman–Crippen MR) is 81.0 cm³/mol. The molecule has 0 atom stereocenters. The summed E-state index contributed by atoms with van der Waals surface area (Å²) in [6.45, 7) is 2.18. The van der Waals surface area contributed by atoms with Crippen molar-refractivity contribution in [3.63, 3.8) is 0 Å². The molecule has 0 heterocycles. The average molecular weight is 276 g/mol. The molecule has 2 aromatic carbocycles. The van der Waals surface area contributed by atoms with Crippen molar-refractivity contribution in [2.24, 2.45) is 0 Å². The molecule has 0 spiro atoms. The Kier molecular flexibility index (Phi) is 4.96. The van der Waals surface area contributed by atoms with Gasteiger partial charge in [0.1, 0.15) is 23.6 Å². The van der Waals surface area contributed by atoms with E-state index in [4.69, 9.17) is 15.3 Å². The molecule has 3 nitrogen and oxygen atoms in total. The summed E-state index contributed by atoms with van der Waals surface area (Å²) in [7, 11) is 0. The Bertz CT molecular complexity index is 691. The Morgan fingerprint density at radius 1 is 0.905 bits per heavy atom. The first-order valence-corrected chi connectivity index (χ1v) is 6.98. The van der Waals surface area contributed by atoms with Gasteiger partial charge in [-0.15, -0.1) is 0 Å². The van der Waals surface area contributed by atoms with Crippen molar-refractivity contribution in [3.8, 4) is 23.6 Å². The first-order valence-electron chi connectivity index (χ1n) is 6.98. The summed E-state index contributed by atoms with van der Waals surface area (Å²) in [5, 5.41) is 17.9. The summed E-state index contributed by atoms with van der Waals surface area (Å²) >= 11 is 0. The lowest BCUT2D eigenvalue weighted by Gasteiger charge is -2.07. The minimum atomic E-state index is 0.328. The minimum Gasteiger partial charge on any atom is -0.457 e. The van der Waals surface area contributed by atoms with E-state index in [2.05, 4.69) is 19.1 Å². The van der Waals surface area contributed by atoms with Crippen LogP contribution in [-0.4, -0.2) is 0 Å². The molecule has 0 aliphatic heterocycles. The standard InChI is InChI=1S/C18H16N2O/c1-2-3-4-14-5-8-17(9-6-14)21-18-10-7-15(12-19)16(11-18)13-20/h5-11H,2-4H2,1H3. The molecule has 2 aromatic rings. The van der Waals surface area contributed by atoms with Crippen molar-refractivity contribution >= 4 is 0 Å². The third-order valence-corrected chi connectivity index (χ3v) is 3.21. The molecule has 0 aliphatic carbocycles. The smallest absolute Gasteiger partial charge is 0.128 e. The van der Waals surface area contributed by atoms with E-state index in [1.165, 1.54) is 18.4 Å². The van der Waals surface area contributed by atoms with Gasteiger partial charge in [0.05, 0.1) is 11.1 Å². The molecular formula is C18H16N2O. The predicted octanol–water partition coefficient (Wildman–Crippen LogP) is 4.56. The molecule has 0 fully saturated rings. The van der Waals surface area contributed by atoms with Gasteiger partial charge in [-0.25, -0.2) is 0 Å². The van der Waals surface area contributed by atoms with Crippen LogP contribution in [0.5, 0.6) is 11.5 Å². The summed E-state index contributed by atoms with van der Waals surface area (Å²) in [5.41, 5.74) is 1.98. The molecule has 0 N–H and O–H groups in total. The van der Waals surface area contributed by atoms with Gasteiger partial charge in [-0.1, -0.05) is 25.5 Å². The molecule has 21 heavy (non-hydrogen) atoms. The Balaban J connectivity index is 2.12. The number of nitriles is 2. The highest BCUT2D eigenvalue weighted by Crippen LogP contribution is 2.24. The van der Waals surface area contributed by atoms with Crippen molar-refractivity contribution in [3.05, 3.63) is 59.2 Å². The van der Waals surface area contributed by atoms with Crippen LogP contribution in [0.4, 0.5) is 0 Å². The van der Waals surface area contributed by atoms with Crippen molar-refractivity contribution in [2.45, 2.75) is 26.2 Å². The number of aryl methyl sites for hydroxylation is 1. The fourth-order valence-electron chi connectivity index (χ4n) is 2.02. The lowest BCUT2D eigenvalue weighted by molar-refractivity contribution is 0.482. The van der Waals surface area contributed by atoms with Crippen LogP contribution in [0.25, 0.3) is 0 Å². The van der Waals surface area contributed by atoms with Gasteiger partial charge in [0, 0.05) is 0 Å². The number of hydrogen-bond acceptors (Lipinski definition) is 3. The summed E-state index contributed by atoms with van der Waals surface area (Å²) < 4.78 is 5.72. The summed E-state index contributed by atoms with van der Waals surface area (Å²) in [5.74, 6) is 1.29. The number of hydrogen-bond donors (Lipinski definition) is 0. The highest BCUT2D eigenvalue weighted by molar-refractivity contribution is 5.50. The lowest BCUT2D eigenvalue weighted by Crippen LogP contribution is -1.89. The Hall–Kier alpha value is -2.78. The molecule has 2 rings (SSSR count). The SMILES string of the molecule is CCCCc1ccc(Oc2ccc(C#N)c(C#N)c2)cc1. The Morgan fingerprint density at radius 2 is 1.57 bits per heavy atom. The van der Waals surface area contributed by atoms with Crippen LogP contribution in [-0.2, 0) is 6.42 Å². The van der Waals surface area contributed by atoms with Crippen LogP contribution in [0.15, 0.2) is 42.5 Å². The van der Waals surface area contributed by atoms with Gasteiger partial charge in [-0.2, -0.15) is 10.5 Å². The Morgan fingerprint density at radius 3 is 2.19 bits per heavy atom. The zero-order chi connectivity index (χ0) is 15.1. The second-order valence-corrected chi connectivity index (χ2v) is 4.78. The molecule has 0 amide bonds. The molecule has 0 saturated heterocycles.